The Labute approximate surface area is 259 Å². The zero-order chi connectivity index (χ0) is 36.3. The predicted octanol–water partition coefficient (Wildman–Crippen LogP) is 9.74. The molecule has 0 aliphatic rings. The van der Waals surface area contributed by atoms with Crippen LogP contribution in [0.1, 0.15) is 38.9 Å². The van der Waals surface area contributed by atoms with Gasteiger partial charge in [-0.25, -0.2) is 70.8 Å². The van der Waals surface area contributed by atoms with Gasteiger partial charge in [0.15, 0.2) is 87.3 Å². The SMILES string of the molecule is Cc1c(F)c(F)c(C=NC(=NCc2c(C)c(F)c(F)c(F)c2F)c2c(C)c(F)c(-c3c(C)c(F)c(F)c(F)c3F)c(F)c2F)c(F)c1F. The Morgan fingerprint density at radius 1 is 0.417 bits per heavy atom. The molecule has 0 radical (unpaired) electrons. The lowest BCUT2D eigenvalue weighted by Gasteiger charge is -2.17. The smallest absolute Gasteiger partial charge is 0.198 e. The number of hydrogen-bond donors (Lipinski definition) is 0. The zero-order valence-corrected chi connectivity index (χ0v) is 24.3. The van der Waals surface area contributed by atoms with Gasteiger partial charge in [-0.3, -0.25) is 4.99 Å². The lowest BCUT2D eigenvalue weighted by molar-refractivity contribution is 0.400. The van der Waals surface area contributed by atoms with Crippen LogP contribution in [0.4, 0.5) is 65.9 Å². The molecular weight excluding hydrogens is 685 g/mol. The van der Waals surface area contributed by atoms with E-state index in [2.05, 4.69) is 9.98 Å². The van der Waals surface area contributed by atoms with Crippen molar-refractivity contribution in [1.29, 1.82) is 0 Å². The number of rotatable bonds is 5. The molecule has 2 nitrogen and oxygen atoms in total. The first-order valence-electron chi connectivity index (χ1n) is 13.0. The molecule has 0 spiro atoms. The zero-order valence-electron chi connectivity index (χ0n) is 24.3. The highest BCUT2D eigenvalue weighted by Crippen LogP contribution is 2.39. The second kappa shape index (κ2) is 13.0. The van der Waals surface area contributed by atoms with E-state index in [0.29, 0.717) is 20.8 Å². The molecule has 0 aliphatic carbocycles. The molecule has 0 aromatic heterocycles. The summed E-state index contributed by atoms with van der Waals surface area (Å²) in [6, 6.07) is 0. The topological polar surface area (TPSA) is 24.7 Å². The first kappa shape index (κ1) is 36.0. The van der Waals surface area contributed by atoms with Gasteiger partial charge in [-0.1, -0.05) is 0 Å². The van der Waals surface area contributed by atoms with E-state index in [-0.39, 0.29) is 6.21 Å². The van der Waals surface area contributed by atoms with Gasteiger partial charge in [0.25, 0.3) is 0 Å². The third-order valence-corrected chi connectivity index (χ3v) is 7.38. The van der Waals surface area contributed by atoms with Crippen molar-refractivity contribution in [1.82, 2.24) is 0 Å². The van der Waals surface area contributed by atoms with E-state index in [1.54, 1.807) is 0 Å². The van der Waals surface area contributed by atoms with Gasteiger partial charge in [0, 0.05) is 22.9 Å². The molecule has 0 heterocycles. The molecule has 0 saturated heterocycles. The largest absolute Gasteiger partial charge is 0.261 e. The summed E-state index contributed by atoms with van der Waals surface area (Å²) in [5.74, 6) is -34.1. The summed E-state index contributed by atoms with van der Waals surface area (Å²) in [5.41, 5.74) is -12.0. The maximum atomic E-state index is 15.7. The lowest BCUT2D eigenvalue weighted by atomic mass is 9.93. The van der Waals surface area contributed by atoms with Crippen LogP contribution in [0.5, 0.6) is 0 Å². The fourth-order valence-corrected chi connectivity index (χ4v) is 4.61. The highest BCUT2D eigenvalue weighted by Gasteiger charge is 2.33. The molecule has 0 fully saturated rings. The van der Waals surface area contributed by atoms with Crippen molar-refractivity contribution < 1.29 is 65.9 Å². The summed E-state index contributed by atoms with van der Waals surface area (Å²) in [6.45, 7) is 1.17. The van der Waals surface area contributed by atoms with Gasteiger partial charge in [-0.15, -0.1) is 0 Å². The van der Waals surface area contributed by atoms with Crippen molar-refractivity contribution in [2.24, 2.45) is 9.98 Å². The van der Waals surface area contributed by atoms with E-state index in [4.69, 9.17) is 0 Å². The highest BCUT2D eigenvalue weighted by molar-refractivity contribution is 6.06. The molecule has 48 heavy (non-hydrogen) atoms. The molecule has 0 amide bonds. The molecular formula is C31H15F15N2. The molecule has 0 bridgehead atoms. The van der Waals surface area contributed by atoms with Crippen molar-refractivity contribution in [2.75, 3.05) is 0 Å². The van der Waals surface area contributed by atoms with Crippen LogP contribution in [0.3, 0.4) is 0 Å². The molecule has 17 heteroatoms. The number of aliphatic imine (C=N–C) groups is 2. The van der Waals surface area contributed by atoms with Gasteiger partial charge >= 0.3 is 0 Å². The monoisotopic (exact) mass is 700 g/mol. The minimum Gasteiger partial charge on any atom is -0.261 e. The second-order valence-corrected chi connectivity index (χ2v) is 10.1. The van der Waals surface area contributed by atoms with E-state index < -0.39 is 150 Å². The molecule has 254 valence electrons. The number of halogens is 15. The summed E-state index contributed by atoms with van der Waals surface area (Å²) < 4.78 is 217. The van der Waals surface area contributed by atoms with Crippen LogP contribution in [0.15, 0.2) is 9.98 Å². The van der Waals surface area contributed by atoms with E-state index in [0.717, 1.165) is 6.92 Å². The van der Waals surface area contributed by atoms with Crippen LogP contribution < -0.4 is 0 Å². The third kappa shape index (κ3) is 5.57. The number of nitrogens with zero attached hydrogens (tertiary/aromatic N) is 2. The molecule has 0 unspecified atom stereocenters. The maximum absolute atomic E-state index is 15.7. The van der Waals surface area contributed by atoms with Crippen molar-refractivity contribution in [3.63, 3.8) is 0 Å². The van der Waals surface area contributed by atoms with Crippen molar-refractivity contribution >= 4 is 12.1 Å². The average molecular weight is 700 g/mol. The molecule has 0 saturated carbocycles. The fraction of sp³-hybridized carbons (Fsp3) is 0.161. The summed E-state index contributed by atoms with van der Waals surface area (Å²) in [5, 5.41) is 0. The minimum atomic E-state index is -2.53. The van der Waals surface area contributed by atoms with E-state index in [1.807, 2.05) is 0 Å². The number of amidine groups is 1. The van der Waals surface area contributed by atoms with Gasteiger partial charge < -0.3 is 0 Å². The van der Waals surface area contributed by atoms with E-state index in [9.17, 15) is 52.7 Å². The van der Waals surface area contributed by atoms with E-state index >= 15 is 13.2 Å². The van der Waals surface area contributed by atoms with Crippen LogP contribution in [-0.2, 0) is 6.54 Å². The molecule has 4 rings (SSSR count). The number of benzene rings is 4. The van der Waals surface area contributed by atoms with Crippen LogP contribution >= 0.6 is 0 Å². The van der Waals surface area contributed by atoms with Crippen LogP contribution in [0.25, 0.3) is 11.1 Å². The summed E-state index contributed by atoms with van der Waals surface area (Å²) in [4.78, 5) is 6.82. The van der Waals surface area contributed by atoms with Crippen molar-refractivity contribution in [2.45, 2.75) is 34.2 Å². The summed E-state index contributed by atoms with van der Waals surface area (Å²) in [6.07, 6.45) is -0.0543. The minimum absolute atomic E-state index is 0.0543. The Morgan fingerprint density at radius 3 is 1.40 bits per heavy atom. The predicted molar refractivity (Wildman–Crippen MR) is 141 cm³/mol. The summed E-state index contributed by atoms with van der Waals surface area (Å²) >= 11 is 0. The lowest BCUT2D eigenvalue weighted by Crippen LogP contribution is -2.14. The molecule has 4 aromatic carbocycles. The first-order chi connectivity index (χ1) is 22.3. The van der Waals surface area contributed by atoms with Gasteiger partial charge in [-0.05, 0) is 44.4 Å². The Kier molecular flexibility index (Phi) is 9.75. The normalized spacial score (nSPS) is 12.2. The fourth-order valence-electron chi connectivity index (χ4n) is 4.61. The van der Waals surface area contributed by atoms with Crippen molar-refractivity contribution in [3.05, 3.63) is 126 Å². The summed E-state index contributed by atoms with van der Waals surface area (Å²) in [7, 11) is 0. The van der Waals surface area contributed by atoms with Crippen LogP contribution in [0.2, 0.25) is 0 Å². The maximum Gasteiger partial charge on any atom is 0.198 e. The van der Waals surface area contributed by atoms with Crippen molar-refractivity contribution in [3.8, 4) is 11.1 Å². The quantitative estimate of drug-likeness (QED) is 0.0652. The van der Waals surface area contributed by atoms with Gasteiger partial charge in [0.1, 0.15) is 5.82 Å². The molecule has 0 atom stereocenters. The second-order valence-electron chi connectivity index (χ2n) is 10.1. The molecule has 0 N–H and O–H groups in total. The Balaban J connectivity index is 2.06. The molecule has 0 aliphatic heterocycles. The van der Waals surface area contributed by atoms with Gasteiger partial charge in [0.05, 0.1) is 23.2 Å². The van der Waals surface area contributed by atoms with Crippen LogP contribution in [-0.4, -0.2) is 12.1 Å². The molecule has 4 aromatic rings. The van der Waals surface area contributed by atoms with Crippen LogP contribution in [0, 0.1) is 115 Å². The standard InChI is InChI=1S/C31H15F15N2/c1-7-11(21(37)29(45)27(43)17(7)33)5-47-31(48-6-12-22(38)19(35)10(4)20(36)23(12)39)14-9(3)16(32)15(26(42)25(14)41)13-8(2)18(34)28(44)30(46)24(13)40/h6H,5H2,1-4H3. The Bertz CT molecular complexity index is 1990. The van der Waals surface area contributed by atoms with E-state index in [1.165, 1.54) is 0 Å². The average Bonchev–Trinajstić information content (AvgIpc) is 3.06. The van der Waals surface area contributed by atoms with Gasteiger partial charge in [-0.2, -0.15) is 0 Å². The third-order valence-electron chi connectivity index (χ3n) is 7.38. The highest BCUT2D eigenvalue weighted by atomic mass is 19.2. The Morgan fingerprint density at radius 2 is 0.854 bits per heavy atom. The van der Waals surface area contributed by atoms with Gasteiger partial charge in [0.2, 0.25) is 0 Å². The Hall–Kier alpha value is -4.83. The number of hydrogen-bond acceptors (Lipinski definition) is 1. The first-order valence-corrected chi connectivity index (χ1v) is 13.0.